The van der Waals surface area contributed by atoms with Crippen LogP contribution in [0.4, 0.5) is 0 Å². The Labute approximate surface area is 169 Å². The molecule has 5 atom stereocenters. The number of amides is 3. The van der Waals surface area contributed by atoms with E-state index in [9.17, 15) is 24.3 Å². The summed E-state index contributed by atoms with van der Waals surface area (Å²) >= 11 is 1.45. The van der Waals surface area contributed by atoms with E-state index in [-0.39, 0.29) is 12.3 Å². The predicted molar refractivity (Wildman–Crippen MR) is 107 cm³/mol. The molecular weight excluding hydrogens is 388 g/mol. The maximum Gasteiger partial charge on any atom is 0.326 e. The van der Waals surface area contributed by atoms with E-state index in [0.717, 1.165) is 0 Å². The molecule has 0 fully saturated rings. The molecule has 0 radical (unpaired) electrons. The number of nitrogens with one attached hydrogen (secondary N) is 3. The van der Waals surface area contributed by atoms with Crippen molar-refractivity contribution >= 4 is 35.5 Å². The van der Waals surface area contributed by atoms with E-state index in [4.69, 9.17) is 10.8 Å². The van der Waals surface area contributed by atoms with Crippen molar-refractivity contribution < 1.29 is 29.4 Å². The number of carboxylic acid groups (broad SMARTS) is 1. The van der Waals surface area contributed by atoms with Crippen molar-refractivity contribution in [3.8, 4) is 0 Å². The number of hydrogen-bond acceptors (Lipinski definition) is 7. The Morgan fingerprint density at radius 1 is 0.964 bits per heavy atom. The lowest BCUT2D eigenvalue weighted by molar-refractivity contribution is -0.142. The molecule has 0 saturated heterocycles. The normalized spacial score (nSPS) is 16.4. The first-order valence-electron chi connectivity index (χ1n) is 8.98. The third-order valence-corrected chi connectivity index (χ3v) is 4.70. The molecule has 0 aromatic rings. The summed E-state index contributed by atoms with van der Waals surface area (Å²) in [6, 6.07) is -4.31. The summed E-state index contributed by atoms with van der Waals surface area (Å²) in [5.74, 6) is -2.86. The number of aliphatic hydroxyl groups excluding tert-OH is 1. The SMILES string of the molecule is CSCCC(NC(=O)C(C)NC(=O)C(NC(=O)C(N)C(C)C)C(C)O)C(=O)O. The van der Waals surface area contributed by atoms with Gasteiger partial charge in [-0.05, 0) is 38.2 Å². The Bertz CT molecular complexity index is 558. The van der Waals surface area contributed by atoms with E-state index in [2.05, 4.69) is 16.0 Å². The summed E-state index contributed by atoms with van der Waals surface area (Å²) in [5, 5.41) is 26.1. The van der Waals surface area contributed by atoms with E-state index in [0.29, 0.717) is 5.75 Å². The molecule has 10 nitrogen and oxygen atoms in total. The monoisotopic (exact) mass is 420 g/mol. The summed E-state index contributed by atoms with van der Waals surface area (Å²) in [4.78, 5) is 47.9. The highest BCUT2D eigenvalue weighted by molar-refractivity contribution is 7.98. The van der Waals surface area contributed by atoms with Gasteiger partial charge in [0.2, 0.25) is 17.7 Å². The summed E-state index contributed by atoms with van der Waals surface area (Å²) < 4.78 is 0. The summed E-state index contributed by atoms with van der Waals surface area (Å²) in [7, 11) is 0. The van der Waals surface area contributed by atoms with Gasteiger partial charge in [0, 0.05) is 0 Å². The number of nitrogens with two attached hydrogens (primary N) is 1. The molecule has 0 aliphatic rings. The third-order valence-electron chi connectivity index (χ3n) is 4.06. The summed E-state index contributed by atoms with van der Waals surface area (Å²) in [5.41, 5.74) is 5.73. The Morgan fingerprint density at radius 2 is 1.54 bits per heavy atom. The number of carbonyl (C=O) groups is 4. The lowest BCUT2D eigenvalue weighted by Gasteiger charge is -2.25. The highest BCUT2D eigenvalue weighted by Crippen LogP contribution is 2.03. The molecule has 162 valence electrons. The van der Waals surface area contributed by atoms with Gasteiger partial charge in [-0.3, -0.25) is 14.4 Å². The standard InChI is InChI=1S/C17H32N4O6S/c1-8(2)12(18)15(24)21-13(10(4)22)16(25)19-9(3)14(23)20-11(17(26)27)6-7-28-5/h8-13,22H,6-7,18H2,1-5H3,(H,19,25)(H,20,23)(H,21,24)(H,26,27). The molecule has 0 aliphatic heterocycles. The van der Waals surface area contributed by atoms with E-state index in [1.54, 1.807) is 13.8 Å². The van der Waals surface area contributed by atoms with Gasteiger partial charge in [-0.15, -0.1) is 0 Å². The van der Waals surface area contributed by atoms with Crippen molar-refractivity contribution in [2.75, 3.05) is 12.0 Å². The van der Waals surface area contributed by atoms with Crippen LogP contribution in [0.3, 0.4) is 0 Å². The first-order chi connectivity index (χ1) is 12.9. The second-order valence-electron chi connectivity index (χ2n) is 6.91. The van der Waals surface area contributed by atoms with Gasteiger partial charge >= 0.3 is 5.97 Å². The predicted octanol–water partition coefficient (Wildman–Crippen LogP) is -1.34. The van der Waals surface area contributed by atoms with Crippen molar-refractivity contribution in [3.63, 3.8) is 0 Å². The van der Waals surface area contributed by atoms with E-state index >= 15 is 0 Å². The van der Waals surface area contributed by atoms with Crippen LogP contribution in [-0.4, -0.2) is 76.2 Å². The van der Waals surface area contributed by atoms with E-state index in [1.165, 1.54) is 25.6 Å². The Morgan fingerprint density at radius 3 is 1.96 bits per heavy atom. The van der Waals surface area contributed by atoms with Crippen LogP contribution in [-0.2, 0) is 19.2 Å². The molecule has 28 heavy (non-hydrogen) atoms. The number of carbonyl (C=O) groups excluding carboxylic acids is 3. The van der Waals surface area contributed by atoms with Crippen LogP contribution < -0.4 is 21.7 Å². The maximum absolute atomic E-state index is 12.4. The molecular formula is C17H32N4O6S. The lowest BCUT2D eigenvalue weighted by atomic mass is 10.0. The third kappa shape index (κ3) is 8.89. The molecule has 0 heterocycles. The molecule has 0 aromatic heterocycles. The molecule has 0 spiro atoms. The molecule has 0 rings (SSSR count). The minimum Gasteiger partial charge on any atom is -0.480 e. The molecule has 0 aliphatic carbocycles. The van der Waals surface area contributed by atoms with Crippen LogP contribution in [0, 0.1) is 5.92 Å². The van der Waals surface area contributed by atoms with Crippen LogP contribution >= 0.6 is 11.8 Å². The smallest absolute Gasteiger partial charge is 0.326 e. The first-order valence-corrected chi connectivity index (χ1v) is 10.4. The molecule has 3 amide bonds. The molecule has 5 unspecified atom stereocenters. The average Bonchev–Trinajstić information content (AvgIpc) is 2.60. The lowest BCUT2D eigenvalue weighted by Crippen LogP contribution is -2.59. The maximum atomic E-state index is 12.4. The van der Waals surface area contributed by atoms with Gasteiger partial charge in [0.25, 0.3) is 0 Å². The van der Waals surface area contributed by atoms with Gasteiger partial charge in [0.15, 0.2) is 0 Å². The largest absolute Gasteiger partial charge is 0.480 e. The summed E-state index contributed by atoms with van der Waals surface area (Å²) in [6.45, 7) is 6.18. The fourth-order valence-corrected chi connectivity index (χ4v) is 2.59. The second kappa shape index (κ2) is 12.6. The van der Waals surface area contributed by atoms with Crippen LogP contribution in [0.25, 0.3) is 0 Å². The minimum atomic E-state index is -1.31. The zero-order chi connectivity index (χ0) is 22.0. The minimum absolute atomic E-state index is 0.170. The molecule has 7 N–H and O–H groups in total. The Kier molecular flexibility index (Phi) is 11.7. The van der Waals surface area contributed by atoms with Gasteiger partial charge in [0.1, 0.15) is 18.1 Å². The van der Waals surface area contributed by atoms with Crippen molar-refractivity contribution in [1.82, 2.24) is 16.0 Å². The molecule has 0 aromatic carbocycles. The highest BCUT2D eigenvalue weighted by Gasteiger charge is 2.31. The van der Waals surface area contributed by atoms with E-state index < -0.39 is 54.0 Å². The van der Waals surface area contributed by atoms with Crippen LogP contribution in [0.5, 0.6) is 0 Å². The topological polar surface area (TPSA) is 171 Å². The van der Waals surface area contributed by atoms with E-state index in [1.807, 2.05) is 6.26 Å². The average molecular weight is 421 g/mol. The number of thioether (sulfide) groups is 1. The van der Waals surface area contributed by atoms with Gasteiger partial charge < -0.3 is 31.9 Å². The number of carboxylic acids is 1. The molecule has 11 heteroatoms. The Balaban J connectivity index is 4.94. The van der Waals surface area contributed by atoms with Gasteiger partial charge in [0.05, 0.1) is 12.1 Å². The van der Waals surface area contributed by atoms with Crippen molar-refractivity contribution in [3.05, 3.63) is 0 Å². The fraction of sp³-hybridized carbons (Fsp3) is 0.765. The van der Waals surface area contributed by atoms with Crippen molar-refractivity contribution in [1.29, 1.82) is 0 Å². The number of rotatable bonds is 12. The highest BCUT2D eigenvalue weighted by atomic mass is 32.2. The van der Waals surface area contributed by atoms with Crippen molar-refractivity contribution in [2.45, 2.75) is 64.4 Å². The Hall–Kier alpha value is -1.85. The summed E-state index contributed by atoms with van der Waals surface area (Å²) in [6.07, 6.45) is 0.827. The van der Waals surface area contributed by atoms with Gasteiger partial charge in [-0.2, -0.15) is 11.8 Å². The number of aliphatic hydroxyl groups is 1. The van der Waals surface area contributed by atoms with Crippen LogP contribution in [0.1, 0.15) is 34.1 Å². The second-order valence-corrected chi connectivity index (χ2v) is 7.89. The van der Waals surface area contributed by atoms with Gasteiger partial charge in [-0.1, -0.05) is 13.8 Å². The number of hydrogen-bond donors (Lipinski definition) is 6. The quantitative estimate of drug-likeness (QED) is 0.225. The molecule has 0 bridgehead atoms. The zero-order valence-corrected chi connectivity index (χ0v) is 17.7. The zero-order valence-electron chi connectivity index (χ0n) is 16.9. The first kappa shape index (κ1) is 26.1. The fourth-order valence-electron chi connectivity index (χ4n) is 2.12. The van der Waals surface area contributed by atoms with Crippen LogP contribution in [0.15, 0.2) is 0 Å². The van der Waals surface area contributed by atoms with Crippen LogP contribution in [0.2, 0.25) is 0 Å². The molecule has 0 saturated carbocycles. The van der Waals surface area contributed by atoms with Crippen molar-refractivity contribution in [2.24, 2.45) is 11.7 Å². The number of aliphatic carboxylic acids is 1. The van der Waals surface area contributed by atoms with Gasteiger partial charge in [-0.25, -0.2) is 4.79 Å².